The van der Waals surface area contributed by atoms with Crippen molar-refractivity contribution in [1.29, 1.82) is 0 Å². The predicted molar refractivity (Wildman–Crippen MR) is 72.9 cm³/mol. The van der Waals surface area contributed by atoms with Gasteiger partial charge in [-0.15, -0.1) is 7.77 Å². The van der Waals surface area contributed by atoms with E-state index in [-0.39, 0.29) is 11.6 Å². The maximum absolute atomic E-state index is 13.1. The van der Waals surface area contributed by atoms with Gasteiger partial charge in [0.2, 0.25) is 0 Å². The van der Waals surface area contributed by atoms with Crippen molar-refractivity contribution in [3.05, 3.63) is 59.4 Å². The average molecular weight is 364 g/mol. The fraction of sp³-hybridized carbons (Fsp3) is 0. The lowest BCUT2D eigenvalue weighted by molar-refractivity contribution is 0.103. The summed E-state index contributed by atoms with van der Waals surface area (Å²) in [5.74, 6) is -1.57. The Kier molecular flexibility index (Phi) is 4.31. The van der Waals surface area contributed by atoms with Crippen LogP contribution in [0.15, 0.2) is 52.3 Å². The van der Waals surface area contributed by atoms with Crippen LogP contribution in [0.5, 0.6) is 0 Å². The van der Waals surface area contributed by atoms with E-state index >= 15 is 0 Å². The number of carbonyl (C=O) groups excluding carboxylic acids is 1. The van der Waals surface area contributed by atoms with Crippen LogP contribution in [0.4, 0.5) is 12.2 Å². The van der Waals surface area contributed by atoms with Gasteiger partial charge in [0, 0.05) is 11.1 Å². The quantitative estimate of drug-likeness (QED) is 0.614. The Bertz CT molecular complexity index is 931. The lowest BCUT2D eigenvalue weighted by Crippen LogP contribution is -2.06. The van der Waals surface area contributed by atoms with E-state index in [1.54, 1.807) is 0 Å². The van der Waals surface area contributed by atoms with E-state index < -0.39 is 47.4 Å². The van der Waals surface area contributed by atoms with E-state index in [1.807, 2.05) is 0 Å². The third-order valence-electron chi connectivity index (χ3n) is 2.81. The number of carbonyl (C=O) groups is 1. The minimum absolute atomic E-state index is 0.123. The zero-order valence-corrected chi connectivity index (χ0v) is 12.7. The zero-order valence-electron chi connectivity index (χ0n) is 11.0. The summed E-state index contributed by atoms with van der Waals surface area (Å²) >= 11 is 0. The molecule has 0 aliphatic carbocycles. The van der Waals surface area contributed by atoms with Crippen molar-refractivity contribution in [2.45, 2.75) is 9.79 Å². The Morgan fingerprint density at radius 3 is 1.57 bits per heavy atom. The van der Waals surface area contributed by atoms with Gasteiger partial charge in [-0.2, -0.15) is 16.8 Å². The van der Waals surface area contributed by atoms with Crippen LogP contribution in [0.2, 0.25) is 0 Å². The summed E-state index contributed by atoms with van der Waals surface area (Å²) in [5.41, 5.74) is -0.700. The van der Waals surface area contributed by atoms with Gasteiger partial charge < -0.3 is 0 Å². The maximum Gasteiger partial charge on any atom is 0.332 e. The molecule has 2 aromatic carbocycles. The van der Waals surface area contributed by atoms with Crippen LogP contribution in [0.25, 0.3) is 0 Å². The molecule has 0 amide bonds. The number of hydrogen-bond acceptors (Lipinski definition) is 5. The number of rotatable bonds is 4. The Balaban J connectivity index is 2.66. The number of hydrogen-bond donors (Lipinski definition) is 0. The lowest BCUT2D eigenvalue weighted by Gasteiger charge is -2.05. The van der Waals surface area contributed by atoms with Gasteiger partial charge in [0.05, 0.1) is 0 Å². The monoisotopic (exact) mass is 364 g/mol. The first-order chi connectivity index (χ1) is 10.5. The van der Waals surface area contributed by atoms with Crippen molar-refractivity contribution in [3.8, 4) is 0 Å². The fourth-order valence-electron chi connectivity index (χ4n) is 1.75. The summed E-state index contributed by atoms with van der Waals surface area (Å²) in [7, 11) is -10.7. The van der Waals surface area contributed by atoms with E-state index in [2.05, 4.69) is 0 Å². The molecule has 0 aliphatic rings. The minimum atomic E-state index is -5.37. The molecule has 0 fully saturated rings. The highest BCUT2D eigenvalue weighted by molar-refractivity contribution is 7.87. The van der Waals surface area contributed by atoms with Gasteiger partial charge in [-0.1, -0.05) is 0 Å². The van der Waals surface area contributed by atoms with Gasteiger partial charge in [-0.3, -0.25) is 4.79 Å². The average Bonchev–Trinajstić information content (AvgIpc) is 2.45. The van der Waals surface area contributed by atoms with Crippen LogP contribution in [-0.2, 0) is 20.4 Å². The summed E-state index contributed by atoms with van der Waals surface area (Å²) in [6.45, 7) is 0. The molecule has 0 N–H and O–H groups in total. The highest BCUT2D eigenvalue weighted by Crippen LogP contribution is 2.23. The molecule has 0 aliphatic heterocycles. The molecule has 122 valence electrons. The van der Waals surface area contributed by atoms with Gasteiger partial charge in [0.15, 0.2) is 5.78 Å². The van der Waals surface area contributed by atoms with Crippen molar-refractivity contribution in [2.75, 3.05) is 0 Å². The molecule has 2 aromatic rings. The largest absolute Gasteiger partial charge is 0.332 e. The SMILES string of the molecule is O=C(c1ccc(F)cc1)c1cc(S(=O)(=O)F)cc(S(=O)(=O)F)c1. The van der Waals surface area contributed by atoms with Crippen LogP contribution < -0.4 is 0 Å². The summed E-state index contributed by atoms with van der Waals surface area (Å²) in [4.78, 5) is 9.80. The van der Waals surface area contributed by atoms with Gasteiger partial charge in [0.25, 0.3) is 0 Å². The Morgan fingerprint density at radius 1 is 0.739 bits per heavy atom. The van der Waals surface area contributed by atoms with Crippen molar-refractivity contribution in [3.63, 3.8) is 0 Å². The van der Waals surface area contributed by atoms with Gasteiger partial charge in [-0.05, 0) is 42.5 Å². The second kappa shape index (κ2) is 5.78. The second-order valence-corrected chi connectivity index (χ2v) is 7.10. The topological polar surface area (TPSA) is 85.3 Å². The molecule has 0 bridgehead atoms. The van der Waals surface area contributed by atoms with E-state index in [1.165, 1.54) is 0 Å². The van der Waals surface area contributed by atoms with Crippen molar-refractivity contribution in [2.24, 2.45) is 0 Å². The summed E-state index contributed by atoms with van der Waals surface area (Å²) in [6, 6.07) is 5.37. The molecule has 0 aromatic heterocycles. The maximum atomic E-state index is 13.1. The molecule has 10 heteroatoms. The van der Waals surface area contributed by atoms with Crippen molar-refractivity contribution in [1.82, 2.24) is 0 Å². The second-order valence-electron chi connectivity index (χ2n) is 4.40. The molecule has 5 nitrogen and oxygen atoms in total. The molecule has 0 spiro atoms. The van der Waals surface area contributed by atoms with Crippen molar-refractivity contribution >= 4 is 26.2 Å². The first-order valence-corrected chi connectivity index (χ1v) is 8.60. The molecule has 23 heavy (non-hydrogen) atoms. The van der Waals surface area contributed by atoms with Crippen LogP contribution in [-0.4, -0.2) is 22.6 Å². The Labute approximate surface area is 129 Å². The standard InChI is InChI=1S/C13H7F3O5S2/c14-10-3-1-8(2-4-10)13(17)9-5-11(22(15,18)19)7-12(6-9)23(16,20)21/h1-7H. The summed E-state index contributed by atoms with van der Waals surface area (Å²) in [6.07, 6.45) is 0. The highest BCUT2D eigenvalue weighted by Gasteiger charge is 2.23. The predicted octanol–water partition coefficient (Wildman–Crippen LogP) is 2.37. The van der Waals surface area contributed by atoms with Crippen LogP contribution in [0, 0.1) is 5.82 Å². The number of halogens is 3. The fourth-order valence-corrected chi connectivity index (χ4v) is 2.90. The molecule has 0 radical (unpaired) electrons. The Hall–Kier alpha value is -2.20. The molecule has 0 saturated carbocycles. The molecule has 0 atom stereocenters. The molecule has 0 saturated heterocycles. The zero-order chi connectivity index (χ0) is 17.4. The molecule has 0 unspecified atom stereocenters. The van der Waals surface area contributed by atoms with Gasteiger partial charge >= 0.3 is 20.4 Å². The molecule has 2 rings (SSSR count). The van der Waals surface area contributed by atoms with Crippen molar-refractivity contribution < 1.29 is 33.8 Å². The number of ketones is 1. The third kappa shape index (κ3) is 3.96. The van der Waals surface area contributed by atoms with Crippen LogP contribution >= 0.6 is 0 Å². The van der Waals surface area contributed by atoms with Crippen LogP contribution in [0.1, 0.15) is 15.9 Å². The number of benzene rings is 2. The highest BCUT2D eigenvalue weighted by atomic mass is 32.3. The summed E-state index contributed by atoms with van der Waals surface area (Å²) < 4.78 is 82.7. The van der Waals surface area contributed by atoms with E-state index in [4.69, 9.17) is 0 Å². The van der Waals surface area contributed by atoms with E-state index in [0.717, 1.165) is 24.3 Å². The first-order valence-electron chi connectivity index (χ1n) is 5.83. The normalized spacial score (nSPS) is 12.1. The Morgan fingerprint density at radius 2 is 1.17 bits per heavy atom. The lowest BCUT2D eigenvalue weighted by atomic mass is 10.0. The van der Waals surface area contributed by atoms with E-state index in [0.29, 0.717) is 12.1 Å². The van der Waals surface area contributed by atoms with Gasteiger partial charge in [0.1, 0.15) is 15.6 Å². The third-order valence-corrected chi connectivity index (χ3v) is 4.41. The first kappa shape index (κ1) is 17.2. The molecular weight excluding hydrogens is 357 g/mol. The molecular formula is C13H7F3O5S2. The van der Waals surface area contributed by atoms with E-state index in [9.17, 15) is 33.8 Å². The van der Waals surface area contributed by atoms with Gasteiger partial charge in [-0.25, -0.2) is 4.39 Å². The minimum Gasteiger partial charge on any atom is -0.289 e. The smallest absolute Gasteiger partial charge is 0.289 e. The van der Waals surface area contributed by atoms with Crippen LogP contribution in [0.3, 0.4) is 0 Å². The summed E-state index contributed by atoms with van der Waals surface area (Å²) in [5, 5.41) is 0. The molecule has 0 heterocycles.